The molecule has 27 heavy (non-hydrogen) atoms. The Bertz CT molecular complexity index is 991. The van der Waals surface area contributed by atoms with Crippen LogP contribution < -0.4 is 5.06 Å². The van der Waals surface area contributed by atoms with E-state index in [4.69, 9.17) is 21.2 Å². The van der Waals surface area contributed by atoms with Gasteiger partial charge in [-0.05, 0) is 41.0 Å². The molecule has 5 atom stereocenters. The van der Waals surface area contributed by atoms with Gasteiger partial charge in [-0.1, -0.05) is 66.2 Å². The number of benzene rings is 3. The van der Waals surface area contributed by atoms with Crippen molar-refractivity contribution in [3.63, 3.8) is 0 Å². The van der Waals surface area contributed by atoms with Crippen LogP contribution in [-0.2, 0) is 9.57 Å². The Hall–Kier alpha value is -2.33. The van der Waals surface area contributed by atoms with Crippen molar-refractivity contribution in [1.82, 2.24) is 0 Å². The van der Waals surface area contributed by atoms with Gasteiger partial charge in [-0.3, -0.25) is 4.84 Å². The van der Waals surface area contributed by atoms with E-state index in [-0.39, 0.29) is 30.3 Å². The summed E-state index contributed by atoms with van der Waals surface area (Å²) in [5, 5.41) is 2.79. The molecule has 0 spiro atoms. The Morgan fingerprint density at radius 1 is 0.741 bits per heavy atom. The lowest BCUT2D eigenvalue weighted by Crippen LogP contribution is -2.27. The average Bonchev–Trinajstić information content (AvgIpc) is 3.38. The van der Waals surface area contributed by atoms with Crippen molar-refractivity contribution in [1.29, 1.82) is 0 Å². The number of nitrogens with zero attached hydrogens (tertiary/aromatic N) is 1. The Labute approximate surface area is 163 Å². The van der Waals surface area contributed by atoms with Gasteiger partial charge in [0.05, 0.1) is 17.8 Å². The van der Waals surface area contributed by atoms with Gasteiger partial charge in [0.15, 0.2) is 0 Å². The molecule has 3 aromatic carbocycles. The number of halogens is 1. The quantitative estimate of drug-likeness (QED) is 0.578. The number of hydroxylamine groups is 1. The van der Waals surface area contributed by atoms with Gasteiger partial charge in [0.25, 0.3) is 0 Å². The largest absolute Gasteiger partial charge is 0.362 e. The summed E-state index contributed by atoms with van der Waals surface area (Å²) in [6, 6.07) is 27.1. The highest BCUT2D eigenvalue weighted by molar-refractivity contribution is 6.30. The Morgan fingerprint density at radius 2 is 1.41 bits per heavy atom. The summed E-state index contributed by atoms with van der Waals surface area (Å²) in [7, 11) is 0. The van der Waals surface area contributed by atoms with Crippen LogP contribution in [0.25, 0.3) is 0 Å². The Morgan fingerprint density at radius 3 is 2.15 bits per heavy atom. The molecule has 3 aliphatic rings. The lowest BCUT2D eigenvalue weighted by atomic mass is 9.77. The van der Waals surface area contributed by atoms with E-state index in [0.29, 0.717) is 0 Å². The fraction of sp³-hybridized carbons (Fsp3) is 0.217. The van der Waals surface area contributed by atoms with E-state index in [0.717, 1.165) is 10.7 Å². The first kappa shape index (κ1) is 15.7. The fourth-order valence-corrected chi connectivity index (χ4v) is 5.03. The second-order valence-corrected chi connectivity index (χ2v) is 7.85. The zero-order valence-electron chi connectivity index (χ0n) is 14.5. The third-order valence-electron chi connectivity index (χ3n) is 6.00. The predicted molar refractivity (Wildman–Crippen MR) is 104 cm³/mol. The van der Waals surface area contributed by atoms with Gasteiger partial charge in [-0.15, -0.1) is 0 Å². The second kappa shape index (κ2) is 5.83. The van der Waals surface area contributed by atoms with Crippen molar-refractivity contribution >= 4 is 17.3 Å². The number of fused-ring (bicyclic) bond motifs is 8. The molecule has 0 unspecified atom stereocenters. The minimum Gasteiger partial charge on any atom is -0.362 e. The molecular formula is C23H18ClNO2. The normalized spacial score (nSPS) is 30.4. The van der Waals surface area contributed by atoms with Crippen LogP contribution in [0.1, 0.15) is 34.9 Å². The number of hydrogen-bond acceptors (Lipinski definition) is 3. The van der Waals surface area contributed by atoms with Gasteiger partial charge < -0.3 is 4.74 Å². The maximum atomic E-state index is 6.53. The van der Waals surface area contributed by atoms with E-state index in [1.165, 1.54) is 16.7 Å². The van der Waals surface area contributed by atoms with Crippen LogP contribution >= 0.6 is 11.6 Å². The Kier molecular flexibility index (Phi) is 3.39. The first-order valence-corrected chi connectivity index (χ1v) is 9.70. The van der Waals surface area contributed by atoms with Crippen molar-refractivity contribution in [2.45, 2.75) is 24.4 Å². The minimum absolute atomic E-state index is 0.000266. The lowest BCUT2D eigenvalue weighted by molar-refractivity contribution is -0.0148. The lowest BCUT2D eigenvalue weighted by Gasteiger charge is -2.29. The molecule has 3 nitrogen and oxygen atoms in total. The predicted octanol–water partition coefficient (Wildman–Crippen LogP) is 5.64. The smallest absolute Gasteiger partial charge is 0.124 e. The van der Waals surface area contributed by atoms with Crippen LogP contribution in [-0.4, -0.2) is 6.10 Å². The summed E-state index contributed by atoms with van der Waals surface area (Å²) < 4.78 is 6.39. The van der Waals surface area contributed by atoms with E-state index in [1.54, 1.807) is 0 Å². The molecule has 3 heterocycles. The molecule has 134 valence electrons. The molecule has 0 N–H and O–H groups in total. The van der Waals surface area contributed by atoms with Crippen LogP contribution in [0.2, 0.25) is 5.02 Å². The van der Waals surface area contributed by atoms with Crippen LogP contribution in [0, 0.1) is 5.92 Å². The van der Waals surface area contributed by atoms with Gasteiger partial charge in [0, 0.05) is 10.9 Å². The van der Waals surface area contributed by atoms with E-state index in [9.17, 15) is 0 Å². The molecule has 0 aromatic heterocycles. The summed E-state index contributed by atoms with van der Waals surface area (Å²) >= 11 is 6.11. The summed E-state index contributed by atoms with van der Waals surface area (Å²) in [5.74, 6) is 0.253. The summed E-state index contributed by atoms with van der Waals surface area (Å²) in [6.45, 7) is 0. The zero-order chi connectivity index (χ0) is 18.0. The molecule has 3 aliphatic heterocycles. The van der Waals surface area contributed by atoms with Crippen molar-refractivity contribution in [2.75, 3.05) is 5.06 Å². The van der Waals surface area contributed by atoms with Gasteiger partial charge in [-0.2, -0.15) is 0 Å². The van der Waals surface area contributed by atoms with Gasteiger partial charge in [0.2, 0.25) is 0 Å². The van der Waals surface area contributed by atoms with E-state index in [1.807, 2.05) is 24.3 Å². The molecule has 6 rings (SSSR count). The molecule has 0 radical (unpaired) electrons. The second-order valence-electron chi connectivity index (χ2n) is 7.41. The number of rotatable bonds is 2. The fourth-order valence-electron chi connectivity index (χ4n) is 4.90. The maximum absolute atomic E-state index is 6.53. The van der Waals surface area contributed by atoms with Crippen LogP contribution in [0.4, 0.5) is 5.69 Å². The van der Waals surface area contributed by atoms with Gasteiger partial charge in [0.1, 0.15) is 12.2 Å². The highest BCUT2D eigenvalue weighted by Crippen LogP contribution is 2.63. The van der Waals surface area contributed by atoms with Crippen molar-refractivity contribution < 1.29 is 9.57 Å². The van der Waals surface area contributed by atoms with Crippen LogP contribution in [0.3, 0.4) is 0 Å². The van der Waals surface area contributed by atoms with Gasteiger partial charge in [-0.25, -0.2) is 5.06 Å². The van der Waals surface area contributed by atoms with Crippen LogP contribution in [0.15, 0.2) is 78.9 Å². The molecule has 0 aliphatic carbocycles. The molecule has 0 saturated carbocycles. The highest BCUT2D eigenvalue weighted by Gasteiger charge is 2.61. The molecule has 4 heteroatoms. The monoisotopic (exact) mass is 375 g/mol. The summed E-state index contributed by atoms with van der Waals surface area (Å²) in [4.78, 5) is 6.53. The Balaban J connectivity index is 1.48. The van der Waals surface area contributed by atoms with Gasteiger partial charge >= 0.3 is 0 Å². The summed E-state index contributed by atoms with van der Waals surface area (Å²) in [5.41, 5.74) is 4.85. The third kappa shape index (κ3) is 2.23. The topological polar surface area (TPSA) is 21.7 Å². The van der Waals surface area contributed by atoms with Crippen molar-refractivity contribution in [3.8, 4) is 0 Å². The standard InChI is InChI=1S/C23H18ClNO2/c24-15-10-12-16(13-11-15)25-20(14-6-2-1-3-7-14)19-21-17-8-4-5-9-18(17)22(26-21)23(19)27-25/h1-13,19-23H/t19-,20+,21-,22+,23-/m1/s1. The number of ether oxygens (including phenoxy) is 1. The first-order chi connectivity index (χ1) is 13.3. The third-order valence-corrected chi connectivity index (χ3v) is 6.26. The van der Waals surface area contributed by atoms with Crippen molar-refractivity contribution in [2.24, 2.45) is 5.92 Å². The number of anilines is 1. The molecule has 2 fully saturated rings. The molecule has 3 aromatic rings. The zero-order valence-corrected chi connectivity index (χ0v) is 15.3. The number of hydrogen-bond donors (Lipinski definition) is 0. The average molecular weight is 376 g/mol. The minimum atomic E-state index is -0.000266. The van der Waals surface area contributed by atoms with E-state index in [2.05, 4.69) is 59.7 Å². The highest BCUT2D eigenvalue weighted by atomic mass is 35.5. The first-order valence-electron chi connectivity index (χ1n) is 9.32. The molecule has 2 saturated heterocycles. The van der Waals surface area contributed by atoms with Crippen molar-refractivity contribution in [3.05, 3.63) is 101 Å². The van der Waals surface area contributed by atoms with Crippen LogP contribution in [0.5, 0.6) is 0 Å². The SMILES string of the molecule is Clc1ccc(N2O[C@@H]3[C@@H]([C@@H]4O[C@H]3c3ccccc34)[C@@H]2c2ccccc2)cc1. The molecule has 2 bridgehead atoms. The maximum Gasteiger partial charge on any atom is 0.124 e. The molecule has 0 amide bonds. The summed E-state index contributed by atoms with van der Waals surface area (Å²) in [6.07, 6.45) is 0.0872. The molecular weight excluding hydrogens is 358 g/mol. The van der Waals surface area contributed by atoms with E-state index >= 15 is 0 Å². The van der Waals surface area contributed by atoms with E-state index < -0.39 is 0 Å².